The van der Waals surface area contributed by atoms with Gasteiger partial charge in [0.15, 0.2) is 0 Å². The predicted octanol–water partition coefficient (Wildman–Crippen LogP) is 4.56. The SMILES string of the molecule is O[C@@H](C#Cc1ccccc1)c1cccc(Oc2ccccc2)c1. The van der Waals surface area contributed by atoms with Crippen LogP contribution in [-0.2, 0) is 0 Å². The van der Waals surface area contributed by atoms with E-state index in [0.29, 0.717) is 11.3 Å². The first-order valence-electron chi connectivity index (χ1n) is 7.39. The highest BCUT2D eigenvalue weighted by molar-refractivity contribution is 5.39. The standard InChI is InChI=1S/C21H16O2/c22-21(15-14-17-8-3-1-4-9-17)18-10-7-13-20(16-18)23-19-11-5-2-6-12-19/h1-13,16,21-22H/t21-/m0/s1. The van der Waals surface area contributed by atoms with Crippen LogP contribution < -0.4 is 4.74 Å². The third-order valence-corrected chi connectivity index (χ3v) is 3.28. The zero-order valence-corrected chi connectivity index (χ0v) is 12.5. The van der Waals surface area contributed by atoms with E-state index in [-0.39, 0.29) is 0 Å². The Morgan fingerprint density at radius 2 is 1.39 bits per heavy atom. The number of para-hydroxylation sites is 1. The summed E-state index contributed by atoms with van der Waals surface area (Å²) in [6, 6.07) is 26.5. The summed E-state index contributed by atoms with van der Waals surface area (Å²) in [7, 11) is 0. The quantitative estimate of drug-likeness (QED) is 0.718. The van der Waals surface area contributed by atoms with Crippen LogP contribution in [0.1, 0.15) is 17.2 Å². The van der Waals surface area contributed by atoms with Crippen molar-refractivity contribution in [3.8, 4) is 23.3 Å². The summed E-state index contributed by atoms with van der Waals surface area (Å²) >= 11 is 0. The molecule has 0 aliphatic carbocycles. The molecule has 0 amide bonds. The van der Waals surface area contributed by atoms with Gasteiger partial charge in [0, 0.05) is 5.56 Å². The molecule has 0 heterocycles. The Morgan fingerprint density at radius 3 is 2.13 bits per heavy atom. The zero-order valence-electron chi connectivity index (χ0n) is 12.5. The van der Waals surface area contributed by atoms with Crippen LogP contribution in [0.3, 0.4) is 0 Å². The van der Waals surface area contributed by atoms with Crippen LogP contribution >= 0.6 is 0 Å². The second-order valence-corrected chi connectivity index (χ2v) is 5.03. The van der Waals surface area contributed by atoms with E-state index in [1.54, 1.807) is 6.07 Å². The van der Waals surface area contributed by atoms with Crippen LogP contribution in [0.5, 0.6) is 11.5 Å². The number of hydrogen-bond donors (Lipinski definition) is 1. The molecule has 112 valence electrons. The molecule has 0 saturated carbocycles. The maximum atomic E-state index is 10.2. The summed E-state index contributed by atoms with van der Waals surface area (Å²) in [5, 5.41) is 10.2. The largest absolute Gasteiger partial charge is 0.457 e. The van der Waals surface area contributed by atoms with Crippen LogP contribution in [0.2, 0.25) is 0 Å². The Morgan fingerprint density at radius 1 is 0.739 bits per heavy atom. The van der Waals surface area contributed by atoms with Gasteiger partial charge in [-0.05, 0) is 42.0 Å². The van der Waals surface area contributed by atoms with Crippen molar-refractivity contribution in [3.63, 3.8) is 0 Å². The van der Waals surface area contributed by atoms with Gasteiger partial charge in [-0.25, -0.2) is 0 Å². The van der Waals surface area contributed by atoms with Crippen molar-refractivity contribution in [2.24, 2.45) is 0 Å². The van der Waals surface area contributed by atoms with Gasteiger partial charge in [-0.1, -0.05) is 60.4 Å². The lowest BCUT2D eigenvalue weighted by molar-refractivity contribution is 0.238. The van der Waals surface area contributed by atoms with E-state index >= 15 is 0 Å². The number of aliphatic hydroxyl groups excluding tert-OH is 1. The van der Waals surface area contributed by atoms with Gasteiger partial charge in [-0.15, -0.1) is 0 Å². The molecular weight excluding hydrogens is 284 g/mol. The van der Waals surface area contributed by atoms with Gasteiger partial charge in [0.1, 0.15) is 17.6 Å². The molecule has 2 nitrogen and oxygen atoms in total. The molecule has 1 N–H and O–H groups in total. The van der Waals surface area contributed by atoms with Crippen molar-refractivity contribution >= 4 is 0 Å². The second-order valence-electron chi connectivity index (χ2n) is 5.03. The number of ether oxygens (including phenoxy) is 1. The molecule has 3 aromatic carbocycles. The molecule has 0 fully saturated rings. The van der Waals surface area contributed by atoms with Gasteiger partial charge >= 0.3 is 0 Å². The first-order chi connectivity index (χ1) is 11.3. The smallest absolute Gasteiger partial charge is 0.140 e. The zero-order chi connectivity index (χ0) is 15.9. The van der Waals surface area contributed by atoms with Crippen molar-refractivity contribution in [1.29, 1.82) is 0 Å². The summed E-state index contributed by atoms with van der Waals surface area (Å²) < 4.78 is 5.77. The van der Waals surface area contributed by atoms with Gasteiger partial charge < -0.3 is 9.84 Å². The molecule has 0 radical (unpaired) electrons. The summed E-state index contributed by atoms with van der Waals surface area (Å²) in [5.74, 6) is 7.26. The first kappa shape index (κ1) is 14.9. The molecule has 0 aromatic heterocycles. The topological polar surface area (TPSA) is 29.5 Å². The fraction of sp³-hybridized carbons (Fsp3) is 0.0476. The van der Waals surface area contributed by atoms with Crippen LogP contribution in [0.25, 0.3) is 0 Å². The minimum Gasteiger partial charge on any atom is -0.457 e. The van der Waals surface area contributed by atoms with Gasteiger partial charge in [-0.3, -0.25) is 0 Å². The van der Waals surface area contributed by atoms with Gasteiger partial charge in [0.25, 0.3) is 0 Å². The predicted molar refractivity (Wildman–Crippen MR) is 91.2 cm³/mol. The number of benzene rings is 3. The Labute approximate surface area is 136 Å². The average molecular weight is 300 g/mol. The fourth-order valence-electron chi connectivity index (χ4n) is 2.13. The lowest BCUT2D eigenvalue weighted by atomic mass is 10.1. The first-order valence-corrected chi connectivity index (χ1v) is 7.39. The Balaban J connectivity index is 1.76. The number of aliphatic hydroxyl groups is 1. The maximum absolute atomic E-state index is 10.2. The van der Waals surface area contributed by atoms with E-state index in [1.807, 2.05) is 78.9 Å². The van der Waals surface area contributed by atoms with Crippen molar-refractivity contribution in [2.45, 2.75) is 6.10 Å². The molecule has 0 bridgehead atoms. The van der Waals surface area contributed by atoms with Crippen molar-refractivity contribution in [3.05, 3.63) is 96.1 Å². The van der Waals surface area contributed by atoms with Crippen LogP contribution in [-0.4, -0.2) is 5.11 Å². The highest BCUT2D eigenvalue weighted by Crippen LogP contribution is 2.24. The lowest BCUT2D eigenvalue weighted by Crippen LogP contribution is -1.94. The van der Waals surface area contributed by atoms with Crippen LogP contribution in [0, 0.1) is 11.8 Å². The second kappa shape index (κ2) is 7.31. The fourth-order valence-corrected chi connectivity index (χ4v) is 2.13. The molecule has 0 spiro atoms. The molecule has 1 atom stereocenters. The highest BCUT2D eigenvalue weighted by atomic mass is 16.5. The van der Waals surface area contributed by atoms with E-state index in [4.69, 9.17) is 4.74 Å². The lowest BCUT2D eigenvalue weighted by Gasteiger charge is -2.08. The Hall–Kier alpha value is -3.02. The highest BCUT2D eigenvalue weighted by Gasteiger charge is 2.05. The van der Waals surface area contributed by atoms with Crippen LogP contribution in [0.15, 0.2) is 84.9 Å². The Kier molecular flexibility index (Phi) is 4.73. The minimum atomic E-state index is -0.852. The van der Waals surface area contributed by atoms with Crippen molar-refractivity contribution in [1.82, 2.24) is 0 Å². The minimum absolute atomic E-state index is 0.675. The summed E-state index contributed by atoms with van der Waals surface area (Å²) in [6.45, 7) is 0. The van der Waals surface area contributed by atoms with Gasteiger partial charge in [-0.2, -0.15) is 0 Å². The normalized spacial score (nSPS) is 11.2. The Bertz CT molecular complexity index is 814. The molecule has 0 aliphatic rings. The molecule has 23 heavy (non-hydrogen) atoms. The summed E-state index contributed by atoms with van der Waals surface area (Å²) in [5.41, 5.74) is 1.59. The van der Waals surface area contributed by atoms with E-state index in [0.717, 1.165) is 11.3 Å². The molecule has 3 rings (SSSR count). The molecule has 0 saturated heterocycles. The third kappa shape index (κ3) is 4.23. The molecule has 0 aliphatic heterocycles. The molecular formula is C21H16O2. The molecule has 0 unspecified atom stereocenters. The van der Waals surface area contributed by atoms with Crippen molar-refractivity contribution in [2.75, 3.05) is 0 Å². The van der Waals surface area contributed by atoms with Crippen LogP contribution in [0.4, 0.5) is 0 Å². The van der Waals surface area contributed by atoms with E-state index in [1.165, 1.54) is 0 Å². The van der Waals surface area contributed by atoms with E-state index < -0.39 is 6.10 Å². The van der Waals surface area contributed by atoms with Gasteiger partial charge in [0.05, 0.1) is 0 Å². The monoisotopic (exact) mass is 300 g/mol. The maximum Gasteiger partial charge on any atom is 0.140 e. The average Bonchev–Trinajstić information content (AvgIpc) is 2.62. The number of hydrogen-bond acceptors (Lipinski definition) is 2. The summed E-state index contributed by atoms with van der Waals surface area (Å²) in [6.07, 6.45) is -0.852. The van der Waals surface area contributed by atoms with Crippen molar-refractivity contribution < 1.29 is 9.84 Å². The van der Waals surface area contributed by atoms with E-state index in [2.05, 4.69) is 11.8 Å². The van der Waals surface area contributed by atoms with Gasteiger partial charge in [0.2, 0.25) is 0 Å². The third-order valence-electron chi connectivity index (χ3n) is 3.28. The number of rotatable bonds is 3. The molecule has 3 aromatic rings. The van der Waals surface area contributed by atoms with E-state index in [9.17, 15) is 5.11 Å². The summed E-state index contributed by atoms with van der Waals surface area (Å²) in [4.78, 5) is 0. The molecule has 2 heteroatoms.